The van der Waals surface area contributed by atoms with Gasteiger partial charge in [-0.05, 0) is 129 Å². The summed E-state index contributed by atoms with van der Waals surface area (Å²) in [7, 11) is 6.73. The van der Waals surface area contributed by atoms with E-state index in [1.807, 2.05) is 85.6 Å². The largest absolute Gasteiger partial charge is 0.480 e. The third-order valence-corrected chi connectivity index (χ3v) is 25.4. The number of aliphatic hydroxyl groups is 1. The van der Waals surface area contributed by atoms with Gasteiger partial charge in [-0.15, -0.1) is 45.3 Å². The molecule has 616 valence electrons. The molecule has 0 amide bonds. The number of carboxylic acids is 2. The Morgan fingerprint density at radius 2 is 0.724 bits per heavy atom. The minimum absolute atomic E-state index is 0.117. The number of likely N-dealkylation sites (N-methyl/N-ethyl adjacent to an activating group) is 3. The van der Waals surface area contributed by atoms with Crippen molar-refractivity contribution in [2.24, 2.45) is 25.7 Å². The molecule has 0 spiro atoms. The number of rotatable bonds is 17. The monoisotopic (exact) mass is 1650 g/mol. The SMILES string of the molecule is CCOC(=O)C(CN1CCN(C2=Nc3ccccc3Nc3sc(C)cc32)CC1)NC.CNC(CN1CCN(C2=Nc3ccccc3Nc3sc(C)cc32)CC1)C(=O)O.CNC(CN1CCN(C2=Nc3ccccc3Nc3sc(C)cc32)CC1)C(=O)OC.Cc1cc2c(s1)Nc1ccccc1N=C2N1CCN(CC(N)(CO)C(=O)O)CC1. The maximum Gasteiger partial charge on any atom is 0.327 e. The standard InChI is InChI=1S/C22H29N5O2S.C21H27N5O2S.C20H25N5O3S.C20H25N5O2S/c1-4-29-22(28)19(23-3)14-26-9-11-27(12-10-26)20-16-13-15(2)30-21(16)25-18-8-6-5-7-17(18)24-20;1-14-12-15-19(23-16-6-4-5-7-17(16)24-20(15)29-14)26-10-8-25(9-11-26)13-18(22-2)21(27)28-3;1-13-10-14-17(22-15-4-2-3-5-16(15)23-18(14)29-13)25-8-6-24(7-9-25)11-20(21,12-26)19(27)28;1-13-11-14-18(22-15-5-3-4-6-16(15)23-19(14)28-13)25-9-7-24(8-10-25)12-17(21-2)20(26)27/h5-8,13,19,23,25H,4,9-12,14H2,1-3H3;4-7,12,18,22,24H,8-11,13H2,1-3H3;2-5,10,23,26H,6-9,11-12,21H2,1H3,(H,27,28);3-6,11,17,21,23H,7-10,12H2,1-2H3,(H,26,27). The number of para-hydroxylation sites is 8. The number of aliphatic carboxylic acids is 2. The summed E-state index contributed by atoms with van der Waals surface area (Å²) in [6.45, 7) is 25.0. The van der Waals surface area contributed by atoms with Crippen molar-refractivity contribution in [1.29, 1.82) is 0 Å². The first-order valence-corrected chi connectivity index (χ1v) is 42.6. The average molecular weight is 1660 g/mol. The Balaban J connectivity index is 0.000000135. The first-order chi connectivity index (χ1) is 56.1. The highest BCUT2D eigenvalue weighted by Gasteiger charge is 2.38. The van der Waals surface area contributed by atoms with E-state index in [0.717, 1.165) is 179 Å². The molecule has 0 radical (unpaired) electrons. The lowest BCUT2D eigenvalue weighted by molar-refractivity contribution is -0.147. The lowest BCUT2D eigenvalue weighted by atomic mass is 10.0. The van der Waals surface area contributed by atoms with Crippen LogP contribution in [0.1, 0.15) is 48.7 Å². The third-order valence-electron chi connectivity index (χ3n) is 21.5. The molecule has 16 rings (SSSR count). The van der Waals surface area contributed by atoms with Crippen LogP contribution in [-0.4, -0.2) is 298 Å². The minimum atomic E-state index is -1.64. The van der Waals surface area contributed by atoms with Crippen LogP contribution in [0.25, 0.3) is 0 Å². The van der Waals surface area contributed by atoms with Crippen LogP contribution >= 0.6 is 45.3 Å². The van der Waals surface area contributed by atoms with Crippen LogP contribution in [0.15, 0.2) is 141 Å². The zero-order valence-electron chi connectivity index (χ0n) is 67.2. The Bertz CT molecular complexity index is 4910. The number of aliphatic imine (C=N–C) groups is 4. The van der Waals surface area contributed by atoms with Crippen molar-refractivity contribution in [3.8, 4) is 0 Å². The minimum Gasteiger partial charge on any atom is -0.480 e. The van der Waals surface area contributed by atoms with Gasteiger partial charge in [0.1, 0.15) is 61.5 Å². The number of carbonyl (C=O) groups excluding carboxylic acids is 2. The summed E-state index contributed by atoms with van der Waals surface area (Å²) in [6.07, 6.45) is 0. The Morgan fingerprint density at radius 1 is 0.448 bits per heavy atom. The molecule has 29 nitrogen and oxygen atoms in total. The number of ether oxygens (including phenoxy) is 2. The fourth-order valence-corrected chi connectivity index (χ4v) is 18.8. The Hall–Kier alpha value is -9.72. The van der Waals surface area contributed by atoms with Crippen LogP contribution < -0.4 is 43.0 Å². The molecular formula is C83H106N20O9S4. The van der Waals surface area contributed by atoms with Crippen molar-refractivity contribution in [2.45, 2.75) is 58.3 Å². The molecule has 4 atom stereocenters. The highest BCUT2D eigenvalue weighted by atomic mass is 32.1. The van der Waals surface area contributed by atoms with Gasteiger partial charge in [0.2, 0.25) is 0 Å². The summed E-state index contributed by atoms with van der Waals surface area (Å²) in [4.78, 5) is 89.8. The van der Waals surface area contributed by atoms with Crippen molar-refractivity contribution in [1.82, 2.24) is 55.1 Å². The van der Waals surface area contributed by atoms with Crippen LogP contribution in [0.4, 0.5) is 65.5 Å². The van der Waals surface area contributed by atoms with Crippen LogP contribution in [-0.2, 0) is 28.7 Å². The number of nitrogens with one attached hydrogen (secondary N) is 7. The molecule has 4 saturated heterocycles. The smallest absolute Gasteiger partial charge is 0.327 e. The molecule has 8 aliphatic heterocycles. The number of hydrogen-bond donors (Lipinski definition) is 11. The Kier molecular flexibility index (Phi) is 28.0. The highest BCUT2D eigenvalue weighted by Crippen LogP contribution is 2.44. The van der Waals surface area contributed by atoms with Crippen molar-refractivity contribution < 1.29 is 44.0 Å². The third kappa shape index (κ3) is 20.1. The van der Waals surface area contributed by atoms with E-state index in [4.69, 9.17) is 35.2 Å². The summed E-state index contributed by atoms with van der Waals surface area (Å²) in [5.74, 6) is 1.60. The summed E-state index contributed by atoms with van der Waals surface area (Å²) in [5.41, 5.74) is 16.7. The summed E-state index contributed by atoms with van der Waals surface area (Å²) >= 11 is 6.99. The first kappa shape index (κ1) is 84.2. The quantitative estimate of drug-likeness (QED) is 0.0378. The number of fused-ring (bicyclic) bond motifs is 8. The summed E-state index contributed by atoms with van der Waals surface area (Å²) in [5, 5.41) is 55.7. The highest BCUT2D eigenvalue weighted by molar-refractivity contribution is 7.17. The second kappa shape index (κ2) is 38.6. The van der Waals surface area contributed by atoms with E-state index in [0.29, 0.717) is 52.4 Å². The molecule has 12 N–H and O–H groups in total. The zero-order chi connectivity index (χ0) is 81.7. The fraction of sp³-hybridized carbons (Fsp3) is 0.422. The second-order valence-electron chi connectivity index (χ2n) is 29.6. The van der Waals surface area contributed by atoms with Gasteiger partial charge in [0.25, 0.3) is 0 Å². The molecule has 0 bridgehead atoms. The van der Waals surface area contributed by atoms with Gasteiger partial charge in [-0.3, -0.25) is 38.8 Å². The molecule has 0 aliphatic carbocycles. The Labute approximate surface area is 693 Å². The number of aryl methyl sites for hydroxylation is 4. The van der Waals surface area contributed by atoms with Crippen molar-refractivity contribution in [2.75, 3.05) is 194 Å². The normalized spacial score (nSPS) is 17.8. The van der Waals surface area contributed by atoms with Gasteiger partial charge in [0, 0.05) is 150 Å². The van der Waals surface area contributed by atoms with E-state index in [2.05, 4.69) is 154 Å². The van der Waals surface area contributed by atoms with Gasteiger partial charge in [0.15, 0.2) is 5.54 Å². The molecule has 4 aromatic carbocycles. The maximum atomic E-state index is 12.1. The summed E-state index contributed by atoms with van der Waals surface area (Å²) < 4.78 is 10.1. The number of benzene rings is 4. The van der Waals surface area contributed by atoms with Crippen molar-refractivity contribution >= 4 is 158 Å². The molecule has 4 unspecified atom stereocenters. The molecule has 8 aromatic rings. The summed E-state index contributed by atoms with van der Waals surface area (Å²) in [6, 6.07) is 40.2. The number of nitrogens with zero attached hydrogens (tertiary/aromatic N) is 12. The van der Waals surface area contributed by atoms with Crippen molar-refractivity contribution in [3.05, 3.63) is 163 Å². The second-order valence-corrected chi connectivity index (χ2v) is 34.6. The number of carboxylic acid groups (broad SMARTS) is 2. The van der Waals surface area contributed by atoms with Crippen LogP contribution in [0.5, 0.6) is 0 Å². The molecule has 4 fully saturated rings. The van der Waals surface area contributed by atoms with Gasteiger partial charge in [-0.25, -0.2) is 20.0 Å². The number of nitrogens with two attached hydrogens (primary N) is 1. The maximum absolute atomic E-state index is 12.1. The van der Waals surface area contributed by atoms with Gasteiger partial charge in [0.05, 0.1) is 88.1 Å². The Morgan fingerprint density at radius 3 is 0.983 bits per heavy atom. The van der Waals surface area contributed by atoms with Crippen LogP contribution in [0, 0.1) is 27.7 Å². The number of hydrogen-bond acceptors (Lipinski definition) is 31. The number of anilines is 8. The molecule has 12 heterocycles. The number of amidine groups is 4. The number of thiophene rings is 4. The average Bonchev–Trinajstić information content (AvgIpc) is 1.66. The van der Waals surface area contributed by atoms with E-state index in [9.17, 15) is 34.5 Å². The van der Waals surface area contributed by atoms with Crippen LogP contribution in [0.2, 0.25) is 0 Å². The van der Waals surface area contributed by atoms with E-state index >= 15 is 0 Å². The van der Waals surface area contributed by atoms with E-state index < -0.39 is 30.1 Å². The lowest BCUT2D eigenvalue weighted by Gasteiger charge is -2.39. The van der Waals surface area contributed by atoms with Crippen molar-refractivity contribution in [3.63, 3.8) is 0 Å². The van der Waals surface area contributed by atoms with Gasteiger partial charge in [-0.1, -0.05) is 48.5 Å². The fourth-order valence-electron chi connectivity index (χ4n) is 15.1. The molecule has 4 aromatic heterocycles. The molecular weight excluding hydrogens is 1550 g/mol. The predicted molar refractivity (Wildman–Crippen MR) is 468 cm³/mol. The molecule has 0 saturated carbocycles. The van der Waals surface area contributed by atoms with Gasteiger partial charge < -0.3 is 87.3 Å². The van der Waals surface area contributed by atoms with E-state index in [1.165, 1.54) is 37.7 Å². The zero-order valence-corrected chi connectivity index (χ0v) is 70.5. The number of esters is 2. The number of aliphatic hydroxyl groups excluding tert-OH is 1. The topological polar surface area (TPSA) is 333 Å². The lowest BCUT2D eigenvalue weighted by Crippen LogP contribution is -2.61. The van der Waals surface area contributed by atoms with Gasteiger partial charge >= 0.3 is 23.9 Å². The van der Waals surface area contributed by atoms with E-state index in [1.54, 1.807) is 59.4 Å². The molecule has 33 heteroatoms. The first-order valence-electron chi connectivity index (χ1n) is 39.4. The van der Waals surface area contributed by atoms with Crippen LogP contribution in [0.3, 0.4) is 0 Å². The van der Waals surface area contributed by atoms with E-state index in [-0.39, 0.29) is 30.6 Å². The van der Waals surface area contributed by atoms with Gasteiger partial charge in [-0.2, -0.15) is 0 Å². The molecule has 116 heavy (non-hydrogen) atoms. The molecule has 8 aliphatic rings. The predicted octanol–water partition coefficient (Wildman–Crippen LogP) is 9.60. The number of methoxy groups -OCH3 is 1. The number of carbonyl (C=O) groups is 4. The number of piperazine rings is 4.